The predicted octanol–water partition coefficient (Wildman–Crippen LogP) is 2.56. The lowest BCUT2D eigenvalue weighted by atomic mass is 10.2. The lowest BCUT2D eigenvalue weighted by Crippen LogP contribution is -2.36. The third-order valence-corrected chi connectivity index (χ3v) is 3.07. The first-order valence-electron chi connectivity index (χ1n) is 6.39. The average Bonchev–Trinajstić information content (AvgIpc) is 2.42. The van der Waals surface area contributed by atoms with Gasteiger partial charge in [-0.05, 0) is 48.8 Å². The second-order valence-corrected chi connectivity index (χ2v) is 4.89. The molecule has 0 saturated carbocycles. The van der Waals surface area contributed by atoms with Crippen LogP contribution in [-0.2, 0) is 4.79 Å². The molecular weight excluding hydrogens is 326 g/mol. The van der Waals surface area contributed by atoms with Crippen LogP contribution in [-0.4, -0.2) is 31.4 Å². The maximum atomic E-state index is 11.7. The number of aldehydes is 1. The maximum Gasteiger partial charge on any atom is 0.260 e. The molecule has 1 amide bonds. The van der Waals surface area contributed by atoms with Crippen molar-refractivity contribution in [2.24, 2.45) is 0 Å². The molecule has 0 bridgehead atoms. The summed E-state index contributed by atoms with van der Waals surface area (Å²) in [5.74, 6) is 0.637. The van der Waals surface area contributed by atoms with E-state index >= 15 is 0 Å². The minimum atomic E-state index is -0.660. The van der Waals surface area contributed by atoms with E-state index in [1.807, 2.05) is 13.8 Å². The molecule has 0 aliphatic carbocycles. The molecule has 0 aromatic heterocycles. The number of carbonyl (C=O) groups is 2. The van der Waals surface area contributed by atoms with Crippen LogP contribution in [0.5, 0.6) is 11.5 Å². The highest BCUT2D eigenvalue weighted by atomic mass is 79.9. The normalized spacial score (nSPS) is 11.6. The van der Waals surface area contributed by atoms with Gasteiger partial charge in [-0.25, -0.2) is 0 Å². The number of likely N-dealkylation sites (N-methyl/N-ethyl adjacent to an activating group) is 1. The molecule has 5 nitrogen and oxygen atoms in total. The van der Waals surface area contributed by atoms with Crippen LogP contribution in [0.3, 0.4) is 0 Å². The summed E-state index contributed by atoms with van der Waals surface area (Å²) in [6, 6.07) is 3.20. The number of benzene rings is 1. The second-order valence-electron chi connectivity index (χ2n) is 4.04. The Bertz CT molecular complexity index is 490. The van der Waals surface area contributed by atoms with Gasteiger partial charge in [-0.3, -0.25) is 9.59 Å². The molecule has 0 fully saturated rings. The Hall–Kier alpha value is -1.56. The van der Waals surface area contributed by atoms with Gasteiger partial charge < -0.3 is 14.8 Å². The summed E-state index contributed by atoms with van der Waals surface area (Å²) >= 11 is 3.33. The van der Waals surface area contributed by atoms with Gasteiger partial charge in [-0.1, -0.05) is 0 Å². The number of hydrogen-bond donors (Lipinski definition) is 1. The van der Waals surface area contributed by atoms with Crippen LogP contribution in [0.1, 0.15) is 31.1 Å². The third kappa shape index (κ3) is 4.23. The first-order valence-corrected chi connectivity index (χ1v) is 7.18. The van der Waals surface area contributed by atoms with Gasteiger partial charge in [0.25, 0.3) is 5.91 Å². The van der Waals surface area contributed by atoms with Crippen LogP contribution < -0.4 is 14.8 Å². The summed E-state index contributed by atoms with van der Waals surface area (Å²) in [6.45, 7) is 6.29. The van der Waals surface area contributed by atoms with E-state index in [0.717, 1.165) is 6.29 Å². The van der Waals surface area contributed by atoms with Crippen molar-refractivity contribution in [2.75, 3.05) is 13.2 Å². The van der Waals surface area contributed by atoms with E-state index in [4.69, 9.17) is 9.47 Å². The summed E-state index contributed by atoms with van der Waals surface area (Å²) in [7, 11) is 0. The van der Waals surface area contributed by atoms with Crippen molar-refractivity contribution in [3.63, 3.8) is 0 Å². The molecule has 1 N–H and O–H groups in total. The van der Waals surface area contributed by atoms with Crippen LogP contribution in [0, 0.1) is 0 Å². The molecule has 1 aromatic carbocycles. The standard InChI is InChI=1S/C14H18BrNO4/c1-4-16-14(18)9(3)20-13-11(15)6-10(8-17)7-12(13)19-5-2/h6-9H,4-5H2,1-3H3,(H,16,18). The monoisotopic (exact) mass is 343 g/mol. The SMILES string of the molecule is CCNC(=O)C(C)Oc1c(Br)cc(C=O)cc1OCC. The van der Waals surface area contributed by atoms with E-state index in [9.17, 15) is 9.59 Å². The maximum absolute atomic E-state index is 11.7. The zero-order valence-electron chi connectivity index (χ0n) is 11.7. The lowest BCUT2D eigenvalue weighted by molar-refractivity contribution is -0.127. The molecule has 1 rings (SSSR count). The largest absolute Gasteiger partial charge is 0.490 e. The zero-order chi connectivity index (χ0) is 15.1. The molecule has 6 heteroatoms. The molecule has 0 spiro atoms. The van der Waals surface area contributed by atoms with Crippen LogP contribution >= 0.6 is 15.9 Å². The molecule has 1 aromatic rings. The first kappa shape index (κ1) is 16.5. The highest BCUT2D eigenvalue weighted by molar-refractivity contribution is 9.10. The van der Waals surface area contributed by atoms with Gasteiger partial charge in [0.15, 0.2) is 17.6 Å². The third-order valence-electron chi connectivity index (χ3n) is 2.48. The van der Waals surface area contributed by atoms with Gasteiger partial charge in [0.05, 0.1) is 11.1 Å². The number of carbonyl (C=O) groups excluding carboxylic acids is 2. The molecular formula is C14H18BrNO4. The van der Waals surface area contributed by atoms with Crippen molar-refractivity contribution < 1.29 is 19.1 Å². The molecule has 0 radical (unpaired) electrons. The first-order chi connectivity index (χ1) is 9.53. The van der Waals surface area contributed by atoms with Gasteiger partial charge >= 0.3 is 0 Å². The topological polar surface area (TPSA) is 64.6 Å². The minimum absolute atomic E-state index is 0.207. The van der Waals surface area contributed by atoms with Gasteiger partial charge in [0.1, 0.15) is 6.29 Å². The van der Waals surface area contributed by atoms with Crippen molar-refractivity contribution in [2.45, 2.75) is 26.9 Å². The number of ether oxygens (including phenoxy) is 2. The Morgan fingerprint density at radius 2 is 2.15 bits per heavy atom. The molecule has 0 aliphatic rings. The molecule has 1 atom stereocenters. The summed E-state index contributed by atoms with van der Waals surface area (Å²) < 4.78 is 11.7. The van der Waals surface area contributed by atoms with E-state index in [2.05, 4.69) is 21.2 Å². The van der Waals surface area contributed by atoms with E-state index in [-0.39, 0.29) is 5.91 Å². The summed E-state index contributed by atoms with van der Waals surface area (Å²) in [6.07, 6.45) is 0.0668. The minimum Gasteiger partial charge on any atom is -0.490 e. The Balaban J connectivity index is 3.03. The fourth-order valence-corrected chi connectivity index (χ4v) is 2.13. The number of nitrogens with one attached hydrogen (secondary N) is 1. The van der Waals surface area contributed by atoms with Crippen LogP contribution in [0.25, 0.3) is 0 Å². The highest BCUT2D eigenvalue weighted by Crippen LogP contribution is 2.37. The van der Waals surface area contributed by atoms with Gasteiger partial charge in [0.2, 0.25) is 0 Å². The molecule has 110 valence electrons. The quantitative estimate of drug-likeness (QED) is 0.772. The van der Waals surface area contributed by atoms with E-state index in [1.54, 1.807) is 19.1 Å². The molecule has 20 heavy (non-hydrogen) atoms. The molecule has 0 saturated heterocycles. The Morgan fingerprint density at radius 3 is 2.70 bits per heavy atom. The lowest BCUT2D eigenvalue weighted by Gasteiger charge is -2.18. The summed E-state index contributed by atoms with van der Waals surface area (Å²) in [5, 5.41) is 2.68. The van der Waals surface area contributed by atoms with Crippen LogP contribution in [0.15, 0.2) is 16.6 Å². The van der Waals surface area contributed by atoms with Gasteiger partial charge in [-0.2, -0.15) is 0 Å². The Morgan fingerprint density at radius 1 is 1.45 bits per heavy atom. The molecule has 1 unspecified atom stereocenters. The van der Waals surface area contributed by atoms with Crippen LogP contribution in [0.2, 0.25) is 0 Å². The average molecular weight is 344 g/mol. The van der Waals surface area contributed by atoms with E-state index in [0.29, 0.717) is 34.7 Å². The Kier molecular flexibility index (Phi) is 6.51. The summed E-state index contributed by atoms with van der Waals surface area (Å²) in [5.41, 5.74) is 0.471. The summed E-state index contributed by atoms with van der Waals surface area (Å²) in [4.78, 5) is 22.6. The van der Waals surface area contributed by atoms with E-state index < -0.39 is 6.10 Å². The van der Waals surface area contributed by atoms with Crippen molar-refractivity contribution in [3.8, 4) is 11.5 Å². The van der Waals surface area contributed by atoms with Crippen molar-refractivity contribution >= 4 is 28.1 Å². The predicted molar refractivity (Wildman–Crippen MR) is 79.5 cm³/mol. The van der Waals surface area contributed by atoms with Crippen LogP contribution in [0.4, 0.5) is 0 Å². The van der Waals surface area contributed by atoms with Gasteiger partial charge in [0, 0.05) is 12.1 Å². The number of rotatable bonds is 7. The second kappa shape index (κ2) is 7.89. The van der Waals surface area contributed by atoms with Crippen molar-refractivity contribution in [1.82, 2.24) is 5.32 Å². The smallest absolute Gasteiger partial charge is 0.260 e. The van der Waals surface area contributed by atoms with E-state index in [1.165, 1.54) is 0 Å². The number of hydrogen-bond acceptors (Lipinski definition) is 4. The highest BCUT2D eigenvalue weighted by Gasteiger charge is 2.19. The fourth-order valence-electron chi connectivity index (χ4n) is 1.58. The van der Waals surface area contributed by atoms with Gasteiger partial charge in [-0.15, -0.1) is 0 Å². The number of amides is 1. The fraction of sp³-hybridized carbons (Fsp3) is 0.429. The zero-order valence-corrected chi connectivity index (χ0v) is 13.3. The Labute approximate surface area is 126 Å². The molecule has 0 heterocycles. The van der Waals surface area contributed by atoms with Crippen molar-refractivity contribution in [3.05, 3.63) is 22.2 Å². The molecule has 0 aliphatic heterocycles. The van der Waals surface area contributed by atoms with Crippen molar-refractivity contribution in [1.29, 1.82) is 0 Å². The number of halogens is 1.